The van der Waals surface area contributed by atoms with Crippen LogP contribution in [0.2, 0.25) is 0 Å². The predicted octanol–water partition coefficient (Wildman–Crippen LogP) is 0.844. The van der Waals surface area contributed by atoms with E-state index >= 15 is 0 Å². The van der Waals surface area contributed by atoms with E-state index in [1.54, 1.807) is 6.07 Å². The van der Waals surface area contributed by atoms with E-state index in [9.17, 15) is 13.2 Å². The molecule has 1 aromatic rings. The summed E-state index contributed by atoms with van der Waals surface area (Å²) in [6.07, 6.45) is -5.40. The van der Waals surface area contributed by atoms with Gasteiger partial charge in [-0.3, -0.25) is 5.10 Å². The van der Waals surface area contributed by atoms with Crippen LogP contribution < -0.4 is 5.32 Å². The molecule has 0 bridgehead atoms. The molecule has 1 aromatic heterocycles. The highest BCUT2D eigenvalue weighted by Crippen LogP contribution is 2.19. The zero-order valence-corrected chi connectivity index (χ0v) is 8.40. The quantitative estimate of drug-likeness (QED) is 0.737. The Hall–Kier alpha value is -0.790. The minimum absolute atomic E-state index is 0. The molecule has 3 N–H and O–H groups in total. The van der Waals surface area contributed by atoms with Crippen molar-refractivity contribution in [2.24, 2.45) is 0 Å². The first-order valence-electron chi connectivity index (χ1n) is 3.94. The van der Waals surface area contributed by atoms with Crippen LogP contribution >= 0.6 is 12.4 Å². The highest BCUT2D eigenvalue weighted by molar-refractivity contribution is 5.85. The molecule has 0 saturated carbocycles. The highest BCUT2D eigenvalue weighted by Gasteiger charge is 2.37. The molecular weight excluding hydrogens is 235 g/mol. The molecule has 1 unspecified atom stereocenters. The van der Waals surface area contributed by atoms with Gasteiger partial charge in [0.05, 0.1) is 0 Å². The third kappa shape index (κ3) is 5.01. The van der Waals surface area contributed by atoms with Gasteiger partial charge in [0, 0.05) is 25.0 Å². The first kappa shape index (κ1) is 14.2. The van der Waals surface area contributed by atoms with E-state index in [0.29, 0.717) is 5.69 Å². The third-order valence-electron chi connectivity index (χ3n) is 1.59. The van der Waals surface area contributed by atoms with Crippen LogP contribution in [0.4, 0.5) is 13.2 Å². The summed E-state index contributed by atoms with van der Waals surface area (Å²) in [5.74, 6) is 0. The molecule has 0 aliphatic carbocycles. The summed E-state index contributed by atoms with van der Waals surface area (Å²) in [5.41, 5.74) is 0.666. The Balaban J connectivity index is 0.00000196. The van der Waals surface area contributed by atoms with E-state index in [-0.39, 0.29) is 19.0 Å². The molecular formula is C7H11ClF3N3O. The number of aliphatic hydroxyl groups is 1. The number of aromatic amines is 1. The van der Waals surface area contributed by atoms with Crippen LogP contribution in [0.3, 0.4) is 0 Å². The van der Waals surface area contributed by atoms with Gasteiger partial charge in [0.25, 0.3) is 0 Å². The monoisotopic (exact) mass is 245 g/mol. The van der Waals surface area contributed by atoms with Crippen LogP contribution in [0.5, 0.6) is 0 Å². The van der Waals surface area contributed by atoms with Crippen molar-refractivity contribution >= 4 is 12.4 Å². The van der Waals surface area contributed by atoms with Crippen molar-refractivity contribution in [1.29, 1.82) is 0 Å². The van der Waals surface area contributed by atoms with E-state index in [0.717, 1.165) is 0 Å². The lowest BCUT2D eigenvalue weighted by Crippen LogP contribution is -2.38. The standard InChI is InChI=1S/C7H10F3N3O.ClH/c8-7(9,10)6(14)4-11-3-5-1-2-12-13-5;/h1-2,6,11,14H,3-4H2,(H,12,13);1H. The van der Waals surface area contributed by atoms with Crippen molar-refractivity contribution in [3.63, 3.8) is 0 Å². The molecule has 8 heteroatoms. The largest absolute Gasteiger partial charge is 0.415 e. The fourth-order valence-corrected chi connectivity index (χ4v) is 0.842. The number of alkyl halides is 3. The van der Waals surface area contributed by atoms with Crippen LogP contribution in [0, 0.1) is 0 Å². The Morgan fingerprint density at radius 2 is 2.20 bits per heavy atom. The van der Waals surface area contributed by atoms with E-state index in [1.807, 2.05) is 0 Å². The van der Waals surface area contributed by atoms with Gasteiger partial charge in [0.1, 0.15) is 0 Å². The average Bonchev–Trinajstić information content (AvgIpc) is 2.55. The van der Waals surface area contributed by atoms with Crippen molar-refractivity contribution in [2.75, 3.05) is 6.54 Å². The number of aliphatic hydroxyl groups excluding tert-OH is 1. The average molecular weight is 246 g/mol. The number of hydrogen-bond acceptors (Lipinski definition) is 3. The Labute approximate surface area is 90.3 Å². The third-order valence-corrected chi connectivity index (χ3v) is 1.59. The van der Waals surface area contributed by atoms with Gasteiger partial charge < -0.3 is 10.4 Å². The lowest BCUT2D eigenvalue weighted by Gasteiger charge is -2.14. The fraction of sp³-hybridized carbons (Fsp3) is 0.571. The van der Waals surface area contributed by atoms with Gasteiger partial charge in [-0.2, -0.15) is 18.3 Å². The second-order valence-corrected chi connectivity index (χ2v) is 2.77. The zero-order valence-electron chi connectivity index (χ0n) is 7.58. The lowest BCUT2D eigenvalue weighted by atomic mass is 10.3. The minimum Gasteiger partial charge on any atom is -0.382 e. The van der Waals surface area contributed by atoms with Crippen LogP contribution in [0.1, 0.15) is 5.69 Å². The molecule has 1 heterocycles. The van der Waals surface area contributed by atoms with E-state index in [2.05, 4.69) is 15.5 Å². The van der Waals surface area contributed by atoms with Crippen molar-refractivity contribution in [3.8, 4) is 0 Å². The normalized spacial score (nSPS) is 13.3. The topological polar surface area (TPSA) is 60.9 Å². The molecule has 0 spiro atoms. The van der Waals surface area contributed by atoms with Crippen LogP contribution in [0.25, 0.3) is 0 Å². The van der Waals surface area contributed by atoms with Gasteiger partial charge in [-0.15, -0.1) is 12.4 Å². The molecule has 0 amide bonds. The number of hydrogen-bond donors (Lipinski definition) is 3. The zero-order chi connectivity index (χ0) is 10.6. The molecule has 88 valence electrons. The maximum Gasteiger partial charge on any atom is 0.415 e. The van der Waals surface area contributed by atoms with Crippen molar-refractivity contribution < 1.29 is 18.3 Å². The van der Waals surface area contributed by atoms with Crippen LogP contribution in [-0.2, 0) is 6.54 Å². The van der Waals surface area contributed by atoms with Gasteiger partial charge in [-0.1, -0.05) is 0 Å². The molecule has 0 aromatic carbocycles. The molecule has 1 rings (SSSR count). The highest BCUT2D eigenvalue weighted by atomic mass is 35.5. The molecule has 0 saturated heterocycles. The predicted molar refractivity (Wildman–Crippen MR) is 49.6 cm³/mol. The van der Waals surface area contributed by atoms with Crippen molar-refractivity contribution in [3.05, 3.63) is 18.0 Å². The Morgan fingerprint density at radius 1 is 1.53 bits per heavy atom. The molecule has 0 fully saturated rings. The maximum atomic E-state index is 11.8. The van der Waals surface area contributed by atoms with E-state index in [4.69, 9.17) is 5.11 Å². The Morgan fingerprint density at radius 3 is 2.67 bits per heavy atom. The van der Waals surface area contributed by atoms with Crippen molar-refractivity contribution in [2.45, 2.75) is 18.8 Å². The Kier molecular flexibility index (Phi) is 5.63. The van der Waals surface area contributed by atoms with Gasteiger partial charge in [0.15, 0.2) is 6.10 Å². The SMILES string of the molecule is Cl.OC(CNCc1ccn[nH]1)C(F)(F)F. The summed E-state index contributed by atoms with van der Waals surface area (Å²) in [7, 11) is 0. The molecule has 0 aliphatic heterocycles. The summed E-state index contributed by atoms with van der Waals surface area (Å²) < 4.78 is 35.4. The number of nitrogens with one attached hydrogen (secondary N) is 2. The number of halogens is 4. The van der Waals surface area contributed by atoms with Gasteiger partial charge >= 0.3 is 6.18 Å². The van der Waals surface area contributed by atoms with Gasteiger partial charge in [-0.25, -0.2) is 0 Å². The summed E-state index contributed by atoms with van der Waals surface area (Å²) in [6, 6.07) is 1.63. The first-order chi connectivity index (χ1) is 6.50. The summed E-state index contributed by atoms with van der Waals surface area (Å²) in [4.78, 5) is 0. The first-order valence-corrected chi connectivity index (χ1v) is 3.94. The fourth-order valence-electron chi connectivity index (χ4n) is 0.842. The summed E-state index contributed by atoms with van der Waals surface area (Å²) >= 11 is 0. The van der Waals surface area contributed by atoms with Crippen LogP contribution in [-0.4, -0.2) is 34.1 Å². The minimum atomic E-state index is -4.57. The molecule has 4 nitrogen and oxygen atoms in total. The summed E-state index contributed by atoms with van der Waals surface area (Å²) in [5, 5.41) is 17.2. The maximum absolute atomic E-state index is 11.8. The van der Waals surface area contributed by atoms with Gasteiger partial charge in [0.2, 0.25) is 0 Å². The lowest BCUT2D eigenvalue weighted by molar-refractivity contribution is -0.201. The van der Waals surface area contributed by atoms with Gasteiger partial charge in [-0.05, 0) is 6.07 Å². The second kappa shape index (κ2) is 5.94. The molecule has 15 heavy (non-hydrogen) atoms. The second-order valence-electron chi connectivity index (χ2n) is 2.77. The number of aromatic nitrogens is 2. The van der Waals surface area contributed by atoms with E-state index in [1.165, 1.54) is 6.20 Å². The van der Waals surface area contributed by atoms with E-state index < -0.39 is 18.8 Å². The Bertz CT molecular complexity index is 265. The van der Waals surface area contributed by atoms with Crippen molar-refractivity contribution in [1.82, 2.24) is 15.5 Å². The number of H-pyrrole nitrogens is 1. The molecule has 0 aliphatic rings. The smallest absolute Gasteiger partial charge is 0.382 e. The van der Waals surface area contributed by atoms with Crippen LogP contribution in [0.15, 0.2) is 12.3 Å². The number of nitrogens with zero attached hydrogens (tertiary/aromatic N) is 1. The molecule has 1 atom stereocenters. The summed E-state index contributed by atoms with van der Waals surface area (Å²) in [6.45, 7) is -0.310. The number of rotatable bonds is 4. The molecule has 0 radical (unpaired) electrons.